The highest BCUT2D eigenvalue weighted by Gasteiger charge is 2.22. The van der Waals surface area contributed by atoms with E-state index < -0.39 is 0 Å². The number of hydrogen-bond acceptors (Lipinski definition) is 3. The van der Waals surface area contributed by atoms with Crippen molar-refractivity contribution >= 4 is 11.7 Å². The van der Waals surface area contributed by atoms with Crippen LogP contribution in [-0.2, 0) is 4.79 Å². The second-order valence-electron chi connectivity index (χ2n) is 4.17. The maximum absolute atomic E-state index is 11.4. The van der Waals surface area contributed by atoms with E-state index in [9.17, 15) is 4.79 Å². The van der Waals surface area contributed by atoms with Gasteiger partial charge >= 0.3 is 0 Å². The van der Waals surface area contributed by atoms with Gasteiger partial charge < -0.3 is 16.3 Å². The Hall–Kier alpha value is -1.26. The standard InChI is InChI=1S/C10H19N3O2/c1-7(8-4-2-3-5-8)12-10(14)6-9(11)13-15/h7-8,15H,2-6H2,1H3,(H2,11,13)(H,12,14). The van der Waals surface area contributed by atoms with Crippen LogP contribution in [-0.4, -0.2) is 23.0 Å². The molecule has 86 valence electrons. The summed E-state index contributed by atoms with van der Waals surface area (Å²) in [6.45, 7) is 2.01. The van der Waals surface area contributed by atoms with E-state index in [2.05, 4.69) is 10.5 Å². The first-order valence-corrected chi connectivity index (χ1v) is 5.39. The summed E-state index contributed by atoms with van der Waals surface area (Å²) in [5.41, 5.74) is 5.24. The molecule has 1 fully saturated rings. The molecule has 5 nitrogen and oxygen atoms in total. The molecule has 0 bridgehead atoms. The van der Waals surface area contributed by atoms with E-state index in [4.69, 9.17) is 10.9 Å². The minimum atomic E-state index is -0.176. The SMILES string of the molecule is CC(NC(=O)CC(N)=NO)C1CCCC1. The van der Waals surface area contributed by atoms with Crippen LogP contribution in [0.25, 0.3) is 0 Å². The van der Waals surface area contributed by atoms with Crippen molar-refractivity contribution in [1.29, 1.82) is 0 Å². The van der Waals surface area contributed by atoms with Crippen LogP contribution in [0.5, 0.6) is 0 Å². The summed E-state index contributed by atoms with van der Waals surface area (Å²) in [6, 6.07) is 0.187. The summed E-state index contributed by atoms with van der Waals surface area (Å²) in [5, 5.41) is 14.0. The average Bonchev–Trinajstić information content (AvgIpc) is 2.70. The summed E-state index contributed by atoms with van der Waals surface area (Å²) in [4.78, 5) is 11.4. The largest absolute Gasteiger partial charge is 0.409 e. The maximum Gasteiger partial charge on any atom is 0.227 e. The molecule has 0 aromatic carbocycles. The molecule has 5 heteroatoms. The van der Waals surface area contributed by atoms with Crippen LogP contribution in [0.2, 0.25) is 0 Å². The predicted octanol–water partition coefficient (Wildman–Crippen LogP) is 0.818. The zero-order valence-electron chi connectivity index (χ0n) is 9.07. The zero-order valence-corrected chi connectivity index (χ0v) is 9.07. The molecular formula is C10H19N3O2. The smallest absolute Gasteiger partial charge is 0.227 e. The first kappa shape index (κ1) is 11.8. The molecule has 1 aliphatic carbocycles. The third-order valence-corrected chi connectivity index (χ3v) is 2.97. The number of amides is 1. The fourth-order valence-corrected chi connectivity index (χ4v) is 2.08. The van der Waals surface area contributed by atoms with E-state index in [1.807, 2.05) is 6.92 Å². The number of nitrogens with one attached hydrogen (secondary N) is 1. The molecule has 0 aromatic heterocycles. The van der Waals surface area contributed by atoms with E-state index in [0.717, 1.165) is 0 Å². The number of amidine groups is 1. The summed E-state index contributed by atoms with van der Waals surface area (Å²) < 4.78 is 0. The third kappa shape index (κ3) is 3.77. The van der Waals surface area contributed by atoms with Gasteiger partial charge in [0.2, 0.25) is 5.91 Å². The first-order valence-electron chi connectivity index (χ1n) is 5.39. The molecule has 0 aromatic rings. The van der Waals surface area contributed by atoms with Gasteiger partial charge in [-0.3, -0.25) is 4.79 Å². The molecule has 1 aliphatic rings. The predicted molar refractivity (Wildman–Crippen MR) is 57.6 cm³/mol. The van der Waals surface area contributed by atoms with E-state index in [1.165, 1.54) is 25.7 Å². The van der Waals surface area contributed by atoms with Crippen LogP contribution in [0.3, 0.4) is 0 Å². The topological polar surface area (TPSA) is 87.7 Å². The van der Waals surface area contributed by atoms with Crippen molar-refractivity contribution in [3.63, 3.8) is 0 Å². The number of oxime groups is 1. The van der Waals surface area contributed by atoms with E-state index >= 15 is 0 Å². The lowest BCUT2D eigenvalue weighted by atomic mass is 10.00. The molecular weight excluding hydrogens is 194 g/mol. The Morgan fingerprint density at radius 2 is 2.20 bits per heavy atom. The average molecular weight is 213 g/mol. The zero-order chi connectivity index (χ0) is 11.3. The first-order chi connectivity index (χ1) is 7.13. The number of carbonyl (C=O) groups excluding carboxylic acids is 1. The summed E-state index contributed by atoms with van der Waals surface area (Å²) in [5.74, 6) is 0.358. The molecule has 0 heterocycles. The van der Waals surface area contributed by atoms with Crippen LogP contribution >= 0.6 is 0 Å². The maximum atomic E-state index is 11.4. The highest BCUT2D eigenvalue weighted by atomic mass is 16.4. The van der Waals surface area contributed by atoms with E-state index in [0.29, 0.717) is 5.92 Å². The van der Waals surface area contributed by atoms with Crippen molar-refractivity contribution in [3.05, 3.63) is 0 Å². The molecule has 0 saturated heterocycles. The van der Waals surface area contributed by atoms with Gasteiger partial charge in [0.1, 0.15) is 5.84 Å². The highest BCUT2D eigenvalue weighted by Crippen LogP contribution is 2.27. The number of rotatable bonds is 4. The number of carbonyl (C=O) groups is 1. The Bertz CT molecular complexity index is 247. The van der Waals surface area contributed by atoms with Gasteiger partial charge in [0.25, 0.3) is 0 Å². The van der Waals surface area contributed by atoms with Crippen molar-refractivity contribution < 1.29 is 10.0 Å². The molecule has 1 amide bonds. The van der Waals surface area contributed by atoms with Crippen molar-refractivity contribution in [1.82, 2.24) is 5.32 Å². The van der Waals surface area contributed by atoms with Crippen LogP contribution in [0.15, 0.2) is 5.16 Å². The molecule has 1 saturated carbocycles. The molecule has 4 N–H and O–H groups in total. The van der Waals surface area contributed by atoms with Gasteiger partial charge in [-0.15, -0.1) is 0 Å². The Kier molecular flexibility index (Phi) is 4.39. The van der Waals surface area contributed by atoms with Crippen LogP contribution < -0.4 is 11.1 Å². The van der Waals surface area contributed by atoms with Gasteiger partial charge in [-0.1, -0.05) is 18.0 Å². The summed E-state index contributed by atoms with van der Waals surface area (Å²) in [7, 11) is 0. The van der Waals surface area contributed by atoms with Gasteiger partial charge in [0.05, 0.1) is 6.42 Å². The number of nitrogens with two attached hydrogens (primary N) is 1. The fraction of sp³-hybridized carbons (Fsp3) is 0.800. The fourth-order valence-electron chi connectivity index (χ4n) is 2.08. The van der Waals surface area contributed by atoms with Gasteiger partial charge in [-0.25, -0.2) is 0 Å². The molecule has 1 unspecified atom stereocenters. The van der Waals surface area contributed by atoms with Crippen molar-refractivity contribution in [2.45, 2.75) is 45.1 Å². The highest BCUT2D eigenvalue weighted by molar-refractivity contribution is 5.98. The minimum Gasteiger partial charge on any atom is -0.409 e. The molecule has 0 spiro atoms. The molecule has 1 rings (SSSR count). The molecule has 0 radical (unpaired) electrons. The van der Waals surface area contributed by atoms with E-state index in [1.54, 1.807) is 0 Å². The second kappa shape index (κ2) is 5.58. The molecule has 15 heavy (non-hydrogen) atoms. The summed E-state index contributed by atoms with van der Waals surface area (Å²) in [6.07, 6.45) is 4.85. The lowest BCUT2D eigenvalue weighted by Crippen LogP contribution is -2.39. The lowest BCUT2D eigenvalue weighted by molar-refractivity contribution is -0.120. The Labute approximate surface area is 89.7 Å². The Balaban J connectivity index is 2.30. The lowest BCUT2D eigenvalue weighted by Gasteiger charge is -2.20. The van der Waals surface area contributed by atoms with Crippen LogP contribution in [0, 0.1) is 5.92 Å². The second-order valence-corrected chi connectivity index (χ2v) is 4.17. The third-order valence-electron chi connectivity index (χ3n) is 2.97. The van der Waals surface area contributed by atoms with Crippen molar-refractivity contribution in [2.75, 3.05) is 0 Å². The number of nitrogens with zero attached hydrogens (tertiary/aromatic N) is 1. The Morgan fingerprint density at radius 3 is 2.73 bits per heavy atom. The quantitative estimate of drug-likeness (QED) is 0.279. The van der Waals surface area contributed by atoms with Gasteiger partial charge in [-0.05, 0) is 25.7 Å². The van der Waals surface area contributed by atoms with Gasteiger partial charge in [-0.2, -0.15) is 0 Å². The summed E-state index contributed by atoms with van der Waals surface area (Å²) >= 11 is 0. The normalized spacial score (nSPS) is 20.2. The van der Waals surface area contributed by atoms with Gasteiger partial charge in [0.15, 0.2) is 0 Å². The van der Waals surface area contributed by atoms with Crippen LogP contribution in [0.1, 0.15) is 39.0 Å². The van der Waals surface area contributed by atoms with Crippen molar-refractivity contribution in [3.8, 4) is 0 Å². The number of hydrogen-bond donors (Lipinski definition) is 3. The molecule has 1 atom stereocenters. The van der Waals surface area contributed by atoms with E-state index in [-0.39, 0.29) is 24.2 Å². The molecule has 0 aliphatic heterocycles. The van der Waals surface area contributed by atoms with Crippen LogP contribution in [0.4, 0.5) is 0 Å². The Morgan fingerprint density at radius 1 is 1.60 bits per heavy atom. The van der Waals surface area contributed by atoms with Crippen molar-refractivity contribution in [2.24, 2.45) is 16.8 Å². The monoisotopic (exact) mass is 213 g/mol. The minimum absolute atomic E-state index is 0.0342. The van der Waals surface area contributed by atoms with Gasteiger partial charge in [0, 0.05) is 6.04 Å².